The molecule has 0 aliphatic rings. The highest BCUT2D eigenvalue weighted by Gasteiger charge is 2.23. The van der Waals surface area contributed by atoms with Gasteiger partial charge in [0.15, 0.2) is 11.6 Å². The van der Waals surface area contributed by atoms with E-state index < -0.39 is 0 Å². The van der Waals surface area contributed by atoms with Crippen LogP contribution < -0.4 is 0 Å². The predicted molar refractivity (Wildman–Crippen MR) is 73.6 cm³/mol. The number of thioether (sulfide) groups is 1. The summed E-state index contributed by atoms with van der Waals surface area (Å²) in [6.45, 7) is 6.96. The van der Waals surface area contributed by atoms with Crippen LogP contribution in [-0.4, -0.2) is 39.3 Å². The van der Waals surface area contributed by atoms with Crippen molar-refractivity contribution in [2.45, 2.75) is 32.9 Å². The standard InChI is InChI=1S/C13H19NO3S/c1-7-11(9(3)16)8(2)14-12(7)13(17)10(4)18-6-5-15/h10,14-15H,5-6H2,1-4H3/t10-/m1/s1. The molecule has 5 heteroatoms. The first kappa shape index (κ1) is 15.0. The number of aliphatic hydroxyl groups is 1. The van der Waals surface area contributed by atoms with Crippen molar-refractivity contribution in [3.63, 3.8) is 0 Å². The van der Waals surface area contributed by atoms with Crippen LogP contribution in [0.25, 0.3) is 0 Å². The molecule has 4 nitrogen and oxygen atoms in total. The van der Waals surface area contributed by atoms with Gasteiger partial charge < -0.3 is 10.1 Å². The molecule has 0 unspecified atom stereocenters. The van der Waals surface area contributed by atoms with E-state index in [0.717, 1.165) is 11.3 Å². The number of rotatable bonds is 6. The lowest BCUT2D eigenvalue weighted by molar-refractivity contribution is 0.0988. The zero-order chi connectivity index (χ0) is 13.9. The summed E-state index contributed by atoms with van der Waals surface area (Å²) in [5, 5.41) is 8.53. The second kappa shape index (κ2) is 6.20. The molecule has 0 spiro atoms. The van der Waals surface area contributed by atoms with Gasteiger partial charge in [0, 0.05) is 17.0 Å². The molecule has 0 aromatic carbocycles. The Kier molecular flexibility index (Phi) is 5.16. The average molecular weight is 269 g/mol. The Labute approximate surface area is 111 Å². The first-order chi connectivity index (χ1) is 8.40. The molecule has 0 aliphatic carbocycles. The van der Waals surface area contributed by atoms with Crippen LogP contribution in [0.15, 0.2) is 0 Å². The van der Waals surface area contributed by atoms with E-state index in [0.29, 0.717) is 17.0 Å². The fourth-order valence-corrected chi connectivity index (χ4v) is 2.76. The first-order valence-electron chi connectivity index (χ1n) is 5.86. The molecule has 2 N–H and O–H groups in total. The average Bonchev–Trinajstić information content (AvgIpc) is 2.60. The summed E-state index contributed by atoms with van der Waals surface area (Å²) in [5.74, 6) is 0.475. The number of hydrogen-bond acceptors (Lipinski definition) is 4. The zero-order valence-corrected chi connectivity index (χ0v) is 12.0. The van der Waals surface area contributed by atoms with E-state index in [1.165, 1.54) is 18.7 Å². The van der Waals surface area contributed by atoms with Gasteiger partial charge in [-0.2, -0.15) is 0 Å². The molecule has 1 aromatic rings. The molecular formula is C13H19NO3S. The highest BCUT2D eigenvalue weighted by Crippen LogP contribution is 2.23. The first-order valence-corrected chi connectivity index (χ1v) is 6.91. The molecule has 0 radical (unpaired) electrons. The number of nitrogens with one attached hydrogen (secondary N) is 1. The summed E-state index contributed by atoms with van der Waals surface area (Å²) >= 11 is 1.41. The van der Waals surface area contributed by atoms with Crippen molar-refractivity contribution >= 4 is 23.3 Å². The number of aryl methyl sites for hydroxylation is 1. The normalized spacial score (nSPS) is 12.5. The zero-order valence-electron chi connectivity index (χ0n) is 11.2. The third-order valence-corrected chi connectivity index (χ3v) is 4.00. The van der Waals surface area contributed by atoms with Crippen molar-refractivity contribution in [1.29, 1.82) is 0 Å². The lowest BCUT2D eigenvalue weighted by atomic mass is 10.0. The number of hydrogen-bond donors (Lipinski definition) is 2. The number of aromatic amines is 1. The Bertz CT molecular complexity index is 465. The molecule has 0 fully saturated rings. The lowest BCUT2D eigenvalue weighted by Crippen LogP contribution is -2.16. The van der Waals surface area contributed by atoms with Crippen LogP contribution in [0.4, 0.5) is 0 Å². The van der Waals surface area contributed by atoms with E-state index in [-0.39, 0.29) is 23.4 Å². The monoisotopic (exact) mass is 269 g/mol. The van der Waals surface area contributed by atoms with E-state index in [2.05, 4.69) is 4.98 Å². The Morgan fingerprint density at radius 3 is 2.44 bits per heavy atom. The minimum Gasteiger partial charge on any atom is -0.396 e. The van der Waals surface area contributed by atoms with Crippen LogP contribution >= 0.6 is 11.8 Å². The number of carbonyl (C=O) groups excluding carboxylic acids is 2. The van der Waals surface area contributed by atoms with Crippen LogP contribution in [0, 0.1) is 13.8 Å². The SMILES string of the molecule is CC(=O)c1c(C)[nH]c(C(=O)[C@@H](C)SCCO)c1C. The molecule has 0 bridgehead atoms. The van der Waals surface area contributed by atoms with E-state index >= 15 is 0 Å². The molecule has 1 aromatic heterocycles. The maximum absolute atomic E-state index is 12.2. The highest BCUT2D eigenvalue weighted by atomic mass is 32.2. The van der Waals surface area contributed by atoms with Crippen LogP contribution in [0.3, 0.4) is 0 Å². The minimum atomic E-state index is -0.228. The fourth-order valence-electron chi connectivity index (χ4n) is 2.03. The van der Waals surface area contributed by atoms with Gasteiger partial charge in [-0.3, -0.25) is 9.59 Å². The van der Waals surface area contributed by atoms with Crippen LogP contribution in [-0.2, 0) is 0 Å². The van der Waals surface area contributed by atoms with Crippen molar-refractivity contribution in [2.24, 2.45) is 0 Å². The second-order valence-electron chi connectivity index (χ2n) is 4.28. The molecular weight excluding hydrogens is 250 g/mol. The summed E-state index contributed by atoms with van der Waals surface area (Å²) < 4.78 is 0. The van der Waals surface area contributed by atoms with Crippen molar-refractivity contribution in [1.82, 2.24) is 4.98 Å². The summed E-state index contributed by atoms with van der Waals surface area (Å²) in [6.07, 6.45) is 0. The molecule has 0 amide bonds. The van der Waals surface area contributed by atoms with Gasteiger partial charge in [0.05, 0.1) is 17.6 Å². The molecule has 0 aliphatic heterocycles. The third kappa shape index (κ3) is 3.03. The highest BCUT2D eigenvalue weighted by molar-refractivity contribution is 8.00. The molecule has 100 valence electrons. The van der Waals surface area contributed by atoms with Gasteiger partial charge in [-0.1, -0.05) is 0 Å². The second-order valence-corrected chi connectivity index (χ2v) is 5.73. The quantitative estimate of drug-likeness (QED) is 0.776. The van der Waals surface area contributed by atoms with E-state index in [9.17, 15) is 9.59 Å². The Morgan fingerprint density at radius 2 is 2.00 bits per heavy atom. The van der Waals surface area contributed by atoms with Crippen molar-refractivity contribution in [3.05, 3.63) is 22.5 Å². The fraction of sp³-hybridized carbons (Fsp3) is 0.538. The molecule has 1 heterocycles. The van der Waals surface area contributed by atoms with Gasteiger partial charge in [-0.25, -0.2) is 0 Å². The van der Waals surface area contributed by atoms with Crippen LogP contribution in [0.1, 0.15) is 46.0 Å². The van der Waals surface area contributed by atoms with Crippen molar-refractivity contribution < 1.29 is 14.7 Å². The van der Waals surface area contributed by atoms with Crippen molar-refractivity contribution in [2.75, 3.05) is 12.4 Å². The number of H-pyrrole nitrogens is 1. The van der Waals surface area contributed by atoms with Crippen LogP contribution in [0.2, 0.25) is 0 Å². The Hall–Kier alpha value is -1.07. The van der Waals surface area contributed by atoms with E-state index in [1.807, 2.05) is 6.92 Å². The lowest BCUT2D eigenvalue weighted by Gasteiger charge is -2.08. The maximum Gasteiger partial charge on any atom is 0.191 e. The van der Waals surface area contributed by atoms with Gasteiger partial charge in [0.25, 0.3) is 0 Å². The molecule has 18 heavy (non-hydrogen) atoms. The summed E-state index contributed by atoms with van der Waals surface area (Å²) in [6, 6.07) is 0. The van der Waals surface area contributed by atoms with Gasteiger partial charge in [-0.05, 0) is 33.3 Å². The van der Waals surface area contributed by atoms with Crippen LogP contribution in [0.5, 0.6) is 0 Å². The molecule has 1 rings (SSSR count). The smallest absolute Gasteiger partial charge is 0.191 e. The predicted octanol–water partition coefficient (Wildman–Crippen LogP) is 2.13. The van der Waals surface area contributed by atoms with Gasteiger partial charge in [0.2, 0.25) is 0 Å². The van der Waals surface area contributed by atoms with Crippen molar-refractivity contribution in [3.8, 4) is 0 Å². The summed E-state index contributed by atoms with van der Waals surface area (Å²) in [7, 11) is 0. The van der Waals surface area contributed by atoms with E-state index in [4.69, 9.17) is 5.11 Å². The largest absolute Gasteiger partial charge is 0.396 e. The van der Waals surface area contributed by atoms with Gasteiger partial charge >= 0.3 is 0 Å². The number of aliphatic hydroxyl groups excluding tert-OH is 1. The summed E-state index contributed by atoms with van der Waals surface area (Å²) in [5.41, 5.74) is 2.58. The number of ketones is 2. The molecule has 0 saturated heterocycles. The maximum atomic E-state index is 12.2. The number of aromatic nitrogens is 1. The Balaban J connectivity index is 3.00. The third-order valence-electron chi connectivity index (χ3n) is 2.86. The minimum absolute atomic E-state index is 0.0263. The van der Waals surface area contributed by atoms with Gasteiger partial charge in [0.1, 0.15) is 0 Å². The molecule has 0 saturated carbocycles. The Morgan fingerprint density at radius 1 is 1.39 bits per heavy atom. The number of Topliss-reactive ketones (excluding diaryl/α,β-unsaturated/α-hetero) is 2. The topological polar surface area (TPSA) is 70.2 Å². The summed E-state index contributed by atoms with van der Waals surface area (Å²) in [4.78, 5) is 26.7. The molecule has 1 atom stereocenters. The number of carbonyl (C=O) groups is 2. The van der Waals surface area contributed by atoms with Gasteiger partial charge in [-0.15, -0.1) is 11.8 Å². The van der Waals surface area contributed by atoms with E-state index in [1.54, 1.807) is 13.8 Å².